The van der Waals surface area contributed by atoms with E-state index in [-0.39, 0.29) is 11.8 Å². The Hall–Kier alpha value is -2.17. The van der Waals surface area contributed by atoms with Crippen LogP contribution >= 0.6 is 0 Å². The molecule has 2 bridgehead atoms. The maximum absolute atomic E-state index is 13.2. The number of esters is 1. The van der Waals surface area contributed by atoms with E-state index >= 15 is 0 Å². The van der Waals surface area contributed by atoms with E-state index in [0.717, 1.165) is 30.5 Å². The van der Waals surface area contributed by atoms with Crippen LogP contribution in [0.1, 0.15) is 54.2 Å². The topological polar surface area (TPSA) is 44.1 Å². The fraction of sp³-hybridized carbons (Fsp3) is 0.412. The van der Waals surface area contributed by atoms with E-state index < -0.39 is 0 Å². The van der Waals surface area contributed by atoms with E-state index in [0.29, 0.717) is 29.8 Å². The highest BCUT2D eigenvalue weighted by Gasteiger charge is 2.43. The van der Waals surface area contributed by atoms with E-state index in [1.54, 1.807) is 19.1 Å². The van der Waals surface area contributed by atoms with Gasteiger partial charge in [-0.25, -0.2) is 9.18 Å². The summed E-state index contributed by atoms with van der Waals surface area (Å²) in [5.74, 6) is -0.227. The number of fused-ring (bicyclic) bond motifs is 5. The summed E-state index contributed by atoms with van der Waals surface area (Å²) in [6.45, 7) is 2.13. The van der Waals surface area contributed by atoms with Gasteiger partial charge in [-0.05, 0) is 50.5 Å². The Morgan fingerprint density at radius 1 is 1.36 bits per heavy atom. The Bertz CT molecular complexity index is 736. The third-order valence-electron chi connectivity index (χ3n) is 4.68. The van der Waals surface area contributed by atoms with E-state index in [9.17, 15) is 9.18 Å². The molecule has 0 amide bonds. The minimum absolute atomic E-state index is 0.298. The molecule has 1 aliphatic carbocycles. The molecule has 5 heteroatoms. The minimum atomic E-state index is -0.323. The van der Waals surface area contributed by atoms with Gasteiger partial charge in [0.1, 0.15) is 17.1 Å². The molecular formula is C17H17FN2O2. The van der Waals surface area contributed by atoms with Crippen molar-refractivity contribution < 1.29 is 13.9 Å². The second-order valence-electron chi connectivity index (χ2n) is 5.94. The number of aromatic nitrogens is 2. The van der Waals surface area contributed by atoms with Gasteiger partial charge in [-0.3, -0.25) is 4.68 Å². The molecule has 1 aromatic carbocycles. The van der Waals surface area contributed by atoms with Crippen molar-refractivity contribution >= 4 is 5.97 Å². The average Bonchev–Trinajstić information content (AvgIpc) is 3.19. The van der Waals surface area contributed by atoms with E-state index in [1.165, 1.54) is 12.1 Å². The fourth-order valence-corrected chi connectivity index (χ4v) is 3.76. The molecule has 2 unspecified atom stereocenters. The molecule has 4 nitrogen and oxygen atoms in total. The Kier molecular flexibility index (Phi) is 3.03. The SMILES string of the molecule is CCOC(=O)c1c(-c2ccc(F)cc2)nn2c1C1CCC2C1. The Morgan fingerprint density at radius 3 is 2.86 bits per heavy atom. The van der Waals surface area contributed by atoms with Crippen molar-refractivity contribution in [1.29, 1.82) is 0 Å². The van der Waals surface area contributed by atoms with Crippen LogP contribution in [0.4, 0.5) is 4.39 Å². The number of ether oxygens (including phenoxy) is 1. The summed E-state index contributed by atoms with van der Waals surface area (Å²) in [6.07, 6.45) is 3.29. The maximum Gasteiger partial charge on any atom is 0.342 e. The number of hydrogen-bond donors (Lipinski definition) is 0. The zero-order chi connectivity index (χ0) is 15.3. The molecule has 2 aliphatic rings. The van der Waals surface area contributed by atoms with Crippen molar-refractivity contribution in [1.82, 2.24) is 9.78 Å². The molecule has 0 saturated heterocycles. The number of rotatable bonds is 3. The molecule has 1 saturated carbocycles. The van der Waals surface area contributed by atoms with Gasteiger partial charge in [0.25, 0.3) is 0 Å². The van der Waals surface area contributed by atoms with Gasteiger partial charge in [0, 0.05) is 11.5 Å². The zero-order valence-corrected chi connectivity index (χ0v) is 12.4. The van der Waals surface area contributed by atoms with Gasteiger partial charge in [0.15, 0.2) is 0 Å². The first kappa shape index (κ1) is 13.5. The first-order valence-electron chi connectivity index (χ1n) is 7.74. The third-order valence-corrected chi connectivity index (χ3v) is 4.68. The van der Waals surface area contributed by atoms with Crippen molar-refractivity contribution in [2.75, 3.05) is 6.61 Å². The predicted molar refractivity (Wildman–Crippen MR) is 79.2 cm³/mol. The van der Waals surface area contributed by atoms with Gasteiger partial charge >= 0.3 is 5.97 Å². The number of benzene rings is 1. The summed E-state index contributed by atoms with van der Waals surface area (Å²) in [5.41, 5.74) is 2.95. The lowest BCUT2D eigenvalue weighted by molar-refractivity contribution is 0.0525. The predicted octanol–water partition coefficient (Wildman–Crippen LogP) is 3.69. The third kappa shape index (κ3) is 1.88. The van der Waals surface area contributed by atoms with Crippen LogP contribution in [0.3, 0.4) is 0 Å². The number of halogens is 1. The molecule has 4 rings (SSSR count). The highest BCUT2D eigenvalue weighted by Crippen LogP contribution is 2.51. The van der Waals surface area contributed by atoms with Crippen molar-refractivity contribution in [2.24, 2.45) is 0 Å². The van der Waals surface area contributed by atoms with Crippen LogP contribution in [0.15, 0.2) is 24.3 Å². The second-order valence-corrected chi connectivity index (χ2v) is 5.94. The van der Waals surface area contributed by atoms with Crippen molar-refractivity contribution in [3.8, 4) is 11.3 Å². The van der Waals surface area contributed by atoms with E-state index in [4.69, 9.17) is 4.74 Å². The molecule has 2 aromatic rings. The standard InChI is InChI=1S/C17H17FN2O2/c1-2-22-17(21)14-15(10-3-6-12(18)7-4-10)19-20-13-8-5-11(9-13)16(14)20/h3-4,6-7,11,13H,2,5,8-9H2,1H3. The Balaban J connectivity index is 1.88. The molecule has 1 fully saturated rings. The number of nitrogens with zero attached hydrogens (tertiary/aromatic N) is 2. The molecular weight excluding hydrogens is 283 g/mol. The summed E-state index contributed by atoms with van der Waals surface area (Å²) >= 11 is 0. The summed E-state index contributed by atoms with van der Waals surface area (Å²) < 4.78 is 20.4. The zero-order valence-electron chi connectivity index (χ0n) is 12.4. The minimum Gasteiger partial charge on any atom is -0.462 e. The van der Waals surface area contributed by atoms with Gasteiger partial charge in [-0.2, -0.15) is 5.10 Å². The monoisotopic (exact) mass is 300 g/mol. The van der Waals surface area contributed by atoms with Crippen LogP contribution in [0, 0.1) is 5.82 Å². The number of carbonyl (C=O) groups is 1. The fourth-order valence-electron chi connectivity index (χ4n) is 3.76. The van der Waals surface area contributed by atoms with Crippen LogP contribution in [0.2, 0.25) is 0 Å². The second kappa shape index (κ2) is 4.93. The smallest absolute Gasteiger partial charge is 0.342 e. The lowest BCUT2D eigenvalue weighted by Crippen LogP contribution is -2.12. The molecule has 0 radical (unpaired) electrons. The van der Waals surface area contributed by atoms with E-state index in [1.807, 2.05) is 4.68 Å². The van der Waals surface area contributed by atoms with E-state index in [2.05, 4.69) is 5.10 Å². The average molecular weight is 300 g/mol. The van der Waals surface area contributed by atoms with Crippen molar-refractivity contribution in [2.45, 2.75) is 38.1 Å². The van der Waals surface area contributed by atoms with Crippen LogP contribution < -0.4 is 0 Å². The highest BCUT2D eigenvalue weighted by molar-refractivity contribution is 5.98. The highest BCUT2D eigenvalue weighted by atomic mass is 19.1. The largest absolute Gasteiger partial charge is 0.462 e. The number of hydrogen-bond acceptors (Lipinski definition) is 3. The molecule has 22 heavy (non-hydrogen) atoms. The van der Waals surface area contributed by atoms with Crippen LogP contribution in [0.25, 0.3) is 11.3 Å². The molecule has 2 heterocycles. The summed E-state index contributed by atoms with van der Waals surface area (Å²) in [5, 5.41) is 4.67. The lowest BCUT2D eigenvalue weighted by atomic mass is 9.97. The molecule has 0 spiro atoms. The first-order valence-corrected chi connectivity index (χ1v) is 7.74. The first-order chi connectivity index (χ1) is 10.7. The van der Waals surface area contributed by atoms with Gasteiger partial charge in [0.05, 0.1) is 18.3 Å². The van der Waals surface area contributed by atoms with Gasteiger partial charge < -0.3 is 4.74 Å². The van der Waals surface area contributed by atoms with Crippen LogP contribution in [-0.2, 0) is 4.74 Å². The summed E-state index contributed by atoms with van der Waals surface area (Å²) in [6, 6.07) is 6.50. The molecule has 114 valence electrons. The van der Waals surface area contributed by atoms with Crippen LogP contribution in [0.5, 0.6) is 0 Å². The quantitative estimate of drug-likeness (QED) is 0.812. The Morgan fingerprint density at radius 2 is 2.14 bits per heavy atom. The molecule has 2 atom stereocenters. The number of carbonyl (C=O) groups excluding carboxylic acids is 1. The van der Waals surface area contributed by atoms with Crippen molar-refractivity contribution in [3.63, 3.8) is 0 Å². The molecule has 1 aromatic heterocycles. The molecule has 0 N–H and O–H groups in total. The van der Waals surface area contributed by atoms with Gasteiger partial charge in [-0.1, -0.05) is 0 Å². The molecule has 1 aliphatic heterocycles. The van der Waals surface area contributed by atoms with Gasteiger partial charge in [0.2, 0.25) is 0 Å². The summed E-state index contributed by atoms with van der Waals surface area (Å²) in [7, 11) is 0. The van der Waals surface area contributed by atoms with Gasteiger partial charge in [-0.15, -0.1) is 0 Å². The lowest BCUT2D eigenvalue weighted by Gasteiger charge is -2.13. The normalized spacial score (nSPS) is 21.9. The Labute approximate surface area is 127 Å². The van der Waals surface area contributed by atoms with Crippen LogP contribution in [-0.4, -0.2) is 22.4 Å². The van der Waals surface area contributed by atoms with Crippen molar-refractivity contribution in [3.05, 3.63) is 41.3 Å². The summed E-state index contributed by atoms with van der Waals surface area (Å²) in [4.78, 5) is 12.5. The maximum atomic E-state index is 13.2.